The molecule has 1 aromatic heterocycles. The quantitative estimate of drug-likeness (QED) is 0.731. The lowest BCUT2D eigenvalue weighted by Gasteiger charge is -2.35. The van der Waals surface area contributed by atoms with Crippen LogP contribution >= 0.6 is 0 Å². The molecule has 0 spiro atoms. The highest BCUT2D eigenvalue weighted by molar-refractivity contribution is 5.77. The molecule has 27 heavy (non-hydrogen) atoms. The van der Waals surface area contributed by atoms with Gasteiger partial charge in [0.1, 0.15) is 17.6 Å². The van der Waals surface area contributed by atoms with Crippen LogP contribution in [0.5, 0.6) is 0 Å². The highest BCUT2D eigenvalue weighted by atomic mass is 16.2. The summed E-state index contributed by atoms with van der Waals surface area (Å²) in [7, 11) is 0. The van der Waals surface area contributed by atoms with Crippen LogP contribution in [0.3, 0.4) is 0 Å². The third-order valence-corrected chi connectivity index (χ3v) is 5.12. The van der Waals surface area contributed by atoms with Gasteiger partial charge in [0.25, 0.3) is 0 Å². The maximum atomic E-state index is 12.5. The second-order valence-corrected chi connectivity index (χ2v) is 7.05. The molecule has 1 aliphatic heterocycles. The number of amides is 1. The summed E-state index contributed by atoms with van der Waals surface area (Å²) in [6.45, 7) is 2.91. The summed E-state index contributed by atoms with van der Waals surface area (Å²) in [6.07, 6.45) is 3.74. The lowest BCUT2D eigenvalue weighted by Crippen LogP contribution is -2.41. The average molecular weight is 363 g/mol. The molecule has 0 bridgehead atoms. The molecule has 1 amide bonds. The number of hydrogen-bond acceptors (Lipinski definition) is 4. The Labute approximate surface area is 159 Å². The SMILES string of the molecule is O=C(Cn1nc2ccccc2n1)NC[C@@H](c1ccccc1)N1CCCCC1. The maximum Gasteiger partial charge on any atom is 0.243 e. The zero-order valence-corrected chi connectivity index (χ0v) is 15.4. The minimum Gasteiger partial charge on any atom is -0.353 e. The molecular formula is C21H25N5O. The van der Waals surface area contributed by atoms with Gasteiger partial charge in [0.05, 0.1) is 6.04 Å². The Kier molecular flexibility index (Phi) is 5.44. The zero-order valence-electron chi connectivity index (χ0n) is 15.4. The van der Waals surface area contributed by atoms with E-state index in [-0.39, 0.29) is 18.5 Å². The van der Waals surface area contributed by atoms with Gasteiger partial charge in [-0.1, -0.05) is 48.9 Å². The molecule has 1 atom stereocenters. The Hall–Kier alpha value is -2.73. The van der Waals surface area contributed by atoms with Gasteiger partial charge in [0.15, 0.2) is 0 Å². The van der Waals surface area contributed by atoms with E-state index in [0.717, 1.165) is 24.1 Å². The fourth-order valence-corrected chi connectivity index (χ4v) is 3.73. The maximum absolute atomic E-state index is 12.5. The van der Waals surface area contributed by atoms with Crippen molar-refractivity contribution in [1.82, 2.24) is 25.2 Å². The molecule has 1 N–H and O–H groups in total. The number of nitrogens with one attached hydrogen (secondary N) is 1. The zero-order chi connectivity index (χ0) is 18.5. The number of carbonyl (C=O) groups is 1. The molecule has 4 rings (SSSR count). The molecular weight excluding hydrogens is 338 g/mol. The molecule has 2 heterocycles. The third kappa shape index (κ3) is 4.34. The molecule has 2 aromatic carbocycles. The molecule has 0 unspecified atom stereocenters. The Morgan fingerprint density at radius 2 is 1.56 bits per heavy atom. The second-order valence-electron chi connectivity index (χ2n) is 7.05. The summed E-state index contributed by atoms with van der Waals surface area (Å²) in [5.41, 5.74) is 2.87. The standard InChI is InChI=1S/C21H25N5O/c27-21(16-26-23-18-11-5-6-12-19(18)24-26)22-15-20(17-9-3-1-4-10-17)25-13-7-2-8-14-25/h1,3-6,9-12,20H,2,7-8,13-16H2,(H,22,27)/t20-/m0/s1. The topological polar surface area (TPSA) is 63.1 Å². The van der Waals surface area contributed by atoms with Crippen molar-refractivity contribution in [1.29, 1.82) is 0 Å². The van der Waals surface area contributed by atoms with Gasteiger partial charge in [-0.2, -0.15) is 15.0 Å². The number of hydrogen-bond donors (Lipinski definition) is 1. The Morgan fingerprint density at radius 3 is 2.22 bits per heavy atom. The van der Waals surface area contributed by atoms with Crippen LogP contribution in [0.25, 0.3) is 11.0 Å². The van der Waals surface area contributed by atoms with Gasteiger partial charge in [-0.25, -0.2) is 0 Å². The van der Waals surface area contributed by atoms with Crippen LogP contribution in [0.15, 0.2) is 54.6 Å². The average Bonchev–Trinajstić information content (AvgIpc) is 3.12. The lowest BCUT2D eigenvalue weighted by atomic mass is 10.0. The van der Waals surface area contributed by atoms with Crippen molar-refractivity contribution in [2.24, 2.45) is 0 Å². The number of piperidine rings is 1. The number of aromatic nitrogens is 3. The molecule has 1 aliphatic rings. The van der Waals surface area contributed by atoms with E-state index < -0.39 is 0 Å². The number of fused-ring (bicyclic) bond motifs is 1. The molecule has 1 fully saturated rings. The molecule has 140 valence electrons. The van der Waals surface area contributed by atoms with Crippen LogP contribution in [0.4, 0.5) is 0 Å². The number of carbonyl (C=O) groups excluding carboxylic acids is 1. The normalized spacial score (nSPS) is 16.3. The molecule has 1 saturated heterocycles. The molecule has 3 aromatic rings. The van der Waals surface area contributed by atoms with Crippen molar-refractivity contribution < 1.29 is 4.79 Å². The highest BCUT2D eigenvalue weighted by Crippen LogP contribution is 2.24. The number of benzene rings is 2. The second kappa shape index (κ2) is 8.31. The van der Waals surface area contributed by atoms with Gasteiger partial charge in [-0.3, -0.25) is 9.69 Å². The minimum absolute atomic E-state index is 0.0618. The lowest BCUT2D eigenvalue weighted by molar-refractivity contribution is -0.122. The molecule has 6 nitrogen and oxygen atoms in total. The van der Waals surface area contributed by atoms with Crippen molar-refractivity contribution in [2.45, 2.75) is 31.8 Å². The molecule has 6 heteroatoms. The van der Waals surface area contributed by atoms with E-state index in [2.05, 4.69) is 44.7 Å². The molecule has 0 saturated carbocycles. The summed E-state index contributed by atoms with van der Waals surface area (Å²) < 4.78 is 0. The fraction of sp³-hybridized carbons (Fsp3) is 0.381. The van der Waals surface area contributed by atoms with Gasteiger partial charge in [0, 0.05) is 6.54 Å². The smallest absolute Gasteiger partial charge is 0.243 e. The Bertz CT molecular complexity index is 853. The van der Waals surface area contributed by atoms with Gasteiger partial charge >= 0.3 is 0 Å². The van der Waals surface area contributed by atoms with E-state index in [1.54, 1.807) is 0 Å². The predicted octanol–water partition coefficient (Wildman–Crippen LogP) is 2.77. The van der Waals surface area contributed by atoms with Crippen LogP contribution in [-0.4, -0.2) is 45.4 Å². The summed E-state index contributed by atoms with van der Waals surface area (Å²) in [4.78, 5) is 16.4. The van der Waals surface area contributed by atoms with Gasteiger partial charge in [-0.05, 0) is 43.6 Å². The first-order chi connectivity index (χ1) is 13.3. The summed E-state index contributed by atoms with van der Waals surface area (Å²) in [5.74, 6) is -0.0618. The van der Waals surface area contributed by atoms with E-state index in [0.29, 0.717) is 6.54 Å². The van der Waals surface area contributed by atoms with Crippen molar-refractivity contribution in [3.05, 3.63) is 60.2 Å². The largest absolute Gasteiger partial charge is 0.353 e. The summed E-state index contributed by atoms with van der Waals surface area (Å²) in [6, 6.07) is 18.3. The van der Waals surface area contributed by atoms with Crippen LogP contribution in [0.1, 0.15) is 30.9 Å². The van der Waals surface area contributed by atoms with E-state index in [1.807, 2.05) is 30.3 Å². The number of nitrogens with zero attached hydrogens (tertiary/aromatic N) is 4. The first-order valence-corrected chi connectivity index (χ1v) is 9.65. The summed E-state index contributed by atoms with van der Waals surface area (Å²) >= 11 is 0. The van der Waals surface area contributed by atoms with Crippen LogP contribution in [0, 0.1) is 0 Å². The number of likely N-dealkylation sites (tertiary alicyclic amines) is 1. The highest BCUT2D eigenvalue weighted by Gasteiger charge is 2.22. The van der Waals surface area contributed by atoms with E-state index in [1.165, 1.54) is 29.6 Å². The first kappa shape index (κ1) is 17.7. The van der Waals surface area contributed by atoms with Crippen LogP contribution < -0.4 is 5.32 Å². The van der Waals surface area contributed by atoms with Gasteiger partial charge in [-0.15, -0.1) is 0 Å². The van der Waals surface area contributed by atoms with Crippen molar-refractivity contribution in [3.8, 4) is 0 Å². The van der Waals surface area contributed by atoms with Crippen molar-refractivity contribution in [3.63, 3.8) is 0 Å². The Balaban J connectivity index is 1.41. The van der Waals surface area contributed by atoms with Crippen molar-refractivity contribution >= 4 is 16.9 Å². The molecule has 0 radical (unpaired) electrons. The van der Waals surface area contributed by atoms with E-state index >= 15 is 0 Å². The van der Waals surface area contributed by atoms with E-state index in [9.17, 15) is 4.79 Å². The van der Waals surface area contributed by atoms with E-state index in [4.69, 9.17) is 0 Å². The minimum atomic E-state index is -0.0618. The summed E-state index contributed by atoms with van der Waals surface area (Å²) in [5, 5.41) is 11.8. The first-order valence-electron chi connectivity index (χ1n) is 9.65. The monoisotopic (exact) mass is 363 g/mol. The van der Waals surface area contributed by atoms with Gasteiger partial charge < -0.3 is 5.32 Å². The Morgan fingerprint density at radius 1 is 0.926 bits per heavy atom. The van der Waals surface area contributed by atoms with Crippen molar-refractivity contribution in [2.75, 3.05) is 19.6 Å². The predicted molar refractivity (Wildman–Crippen MR) is 105 cm³/mol. The third-order valence-electron chi connectivity index (χ3n) is 5.12. The van der Waals surface area contributed by atoms with Crippen LogP contribution in [-0.2, 0) is 11.3 Å². The van der Waals surface area contributed by atoms with Gasteiger partial charge in [0.2, 0.25) is 5.91 Å². The fourth-order valence-electron chi connectivity index (χ4n) is 3.73. The van der Waals surface area contributed by atoms with Crippen LogP contribution in [0.2, 0.25) is 0 Å². The molecule has 0 aliphatic carbocycles. The number of rotatable bonds is 6.